The molecule has 1 aliphatic rings. The number of para-hydroxylation sites is 2. The van der Waals surface area contributed by atoms with E-state index in [1.807, 2.05) is 12.1 Å². The summed E-state index contributed by atoms with van der Waals surface area (Å²) >= 11 is 0. The molecule has 0 saturated carbocycles. The summed E-state index contributed by atoms with van der Waals surface area (Å²) in [5.41, 5.74) is 5.57. The second kappa shape index (κ2) is 5.56. The lowest BCUT2D eigenvalue weighted by Crippen LogP contribution is -2.44. The normalized spacial score (nSPS) is 12.6. The minimum absolute atomic E-state index is 0.162. The van der Waals surface area contributed by atoms with Crippen molar-refractivity contribution in [1.29, 1.82) is 0 Å². The number of hydrazine groups is 1. The third kappa shape index (κ3) is 2.73. The number of fused-ring (bicyclic) bond motifs is 1. The highest BCUT2D eigenvalue weighted by atomic mass is 16.6. The molecule has 1 aromatic heterocycles. The molecule has 0 radical (unpaired) electrons. The minimum Gasteiger partial charge on any atom is -0.483 e. The van der Waals surface area contributed by atoms with Gasteiger partial charge in [-0.25, -0.2) is 4.99 Å². The molecule has 0 aliphatic carbocycles. The Bertz CT molecular complexity index is 767. The van der Waals surface area contributed by atoms with E-state index in [1.54, 1.807) is 12.1 Å². The standard InChI is InChI=1S/C13H10N4O5/c18-13(10-5-6-12(22-10)17(19)20)16-15-11-7-21-9-4-2-1-3-8(9)14-11/h1-6H,7H2,(H,14,15)(H,16,18). The average molecular weight is 302 g/mol. The van der Waals surface area contributed by atoms with Crippen molar-refractivity contribution < 1.29 is 18.9 Å². The summed E-state index contributed by atoms with van der Waals surface area (Å²) in [6.07, 6.45) is 0. The third-order valence-electron chi connectivity index (χ3n) is 2.80. The number of nitro groups is 1. The highest BCUT2D eigenvalue weighted by Crippen LogP contribution is 2.29. The van der Waals surface area contributed by atoms with E-state index < -0.39 is 16.7 Å². The molecule has 0 saturated heterocycles. The number of aliphatic imine (C=N–C) groups is 1. The molecule has 9 heteroatoms. The zero-order chi connectivity index (χ0) is 15.5. The number of hydrogen-bond acceptors (Lipinski definition) is 7. The SMILES string of the molecule is O=C(NNC1=Nc2ccccc2OC1)c1ccc([N+](=O)[O-])o1. The molecule has 0 bridgehead atoms. The Balaban J connectivity index is 1.64. The van der Waals surface area contributed by atoms with Crippen molar-refractivity contribution >= 4 is 23.3 Å². The predicted molar refractivity (Wildman–Crippen MR) is 75.0 cm³/mol. The van der Waals surface area contributed by atoms with Crippen molar-refractivity contribution in [3.8, 4) is 5.75 Å². The number of amidine groups is 1. The molecule has 3 rings (SSSR count). The molecule has 0 fully saturated rings. The summed E-state index contributed by atoms with van der Waals surface area (Å²) in [6, 6.07) is 9.52. The van der Waals surface area contributed by atoms with Crippen LogP contribution in [0, 0.1) is 10.1 Å². The fourth-order valence-electron chi connectivity index (χ4n) is 1.80. The van der Waals surface area contributed by atoms with E-state index in [1.165, 1.54) is 6.07 Å². The van der Waals surface area contributed by atoms with E-state index in [4.69, 9.17) is 9.15 Å². The number of hydrogen-bond donors (Lipinski definition) is 2. The zero-order valence-corrected chi connectivity index (χ0v) is 11.1. The number of furan rings is 1. The Labute approximate surface area is 123 Å². The smallest absolute Gasteiger partial charge is 0.433 e. The Kier molecular flexibility index (Phi) is 3.44. The van der Waals surface area contributed by atoms with Gasteiger partial charge < -0.3 is 9.15 Å². The second-order valence-electron chi connectivity index (χ2n) is 4.29. The Morgan fingerprint density at radius 2 is 2.09 bits per heavy atom. The van der Waals surface area contributed by atoms with Crippen LogP contribution in [0.4, 0.5) is 11.6 Å². The van der Waals surface area contributed by atoms with Crippen LogP contribution in [0.1, 0.15) is 10.6 Å². The number of ether oxygens (including phenoxy) is 1. The molecule has 0 unspecified atom stereocenters. The highest BCUT2D eigenvalue weighted by molar-refractivity contribution is 5.95. The maximum absolute atomic E-state index is 11.8. The van der Waals surface area contributed by atoms with Crippen molar-refractivity contribution in [2.45, 2.75) is 0 Å². The van der Waals surface area contributed by atoms with Gasteiger partial charge in [-0.05, 0) is 18.2 Å². The van der Waals surface area contributed by atoms with Crippen LogP contribution in [0.5, 0.6) is 5.75 Å². The van der Waals surface area contributed by atoms with Gasteiger partial charge in [0.25, 0.3) is 0 Å². The minimum atomic E-state index is -0.722. The Morgan fingerprint density at radius 3 is 2.86 bits per heavy atom. The quantitative estimate of drug-likeness (QED) is 0.641. The van der Waals surface area contributed by atoms with Crippen LogP contribution in [0.3, 0.4) is 0 Å². The molecular weight excluding hydrogens is 292 g/mol. The van der Waals surface area contributed by atoms with Crippen LogP contribution >= 0.6 is 0 Å². The molecule has 2 N–H and O–H groups in total. The van der Waals surface area contributed by atoms with Gasteiger partial charge in [0.15, 0.2) is 5.84 Å². The summed E-state index contributed by atoms with van der Waals surface area (Å²) in [4.78, 5) is 25.8. The number of carbonyl (C=O) groups excluding carboxylic acids is 1. The monoisotopic (exact) mass is 302 g/mol. The summed E-state index contributed by atoms with van der Waals surface area (Å²) in [5.74, 6) is -0.293. The maximum Gasteiger partial charge on any atom is 0.433 e. The van der Waals surface area contributed by atoms with Crippen molar-refractivity contribution in [2.75, 3.05) is 6.61 Å². The van der Waals surface area contributed by atoms with Gasteiger partial charge in [0.1, 0.15) is 23.0 Å². The summed E-state index contributed by atoms with van der Waals surface area (Å²) in [5, 5.41) is 10.5. The number of rotatable bonds is 2. The van der Waals surface area contributed by atoms with Crippen molar-refractivity contribution in [1.82, 2.24) is 10.9 Å². The van der Waals surface area contributed by atoms with Gasteiger partial charge in [-0.15, -0.1) is 0 Å². The summed E-state index contributed by atoms with van der Waals surface area (Å²) in [6.45, 7) is 0.162. The number of nitrogens with zero attached hydrogens (tertiary/aromatic N) is 2. The Morgan fingerprint density at radius 1 is 1.27 bits per heavy atom. The number of carbonyl (C=O) groups is 1. The molecule has 1 amide bonds. The van der Waals surface area contributed by atoms with E-state index in [2.05, 4.69) is 15.8 Å². The van der Waals surface area contributed by atoms with Gasteiger partial charge in [-0.3, -0.25) is 25.8 Å². The van der Waals surface area contributed by atoms with E-state index in [0.29, 0.717) is 17.3 Å². The lowest BCUT2D eigenvalue weighted by atomic mass is 10.3. The highest BCUT2D eigenvalue weighted by Gasteiger charge is 2.18. The molecule has 2 aromatic rings. The molecule has 22 heavy (non-hydrogen) atoms. The molecular formula is C13H10N4O5. The van der Waals surface area contributed by atoms with Crippen LogP contribution in [0.2, 0.25) is 0 Å². The van der Waals surface area contributed by atoms with E-state index in [9.17, 15) is 14.9 Å². The van der Waals surface area contributed by atoms with Crippen molar-refractivity contribution in [2.24, 2.45) is 4.99 Å². The van der Waals surface area contributed by atoms with Crippen LogP contribution in [0.15, 0.2) is 45.8 Å². The lowest BCUT2D eigenvalue weighted by molar-refractivity contribution is -0.402. The largest absolute Gasteiger partial charge is 0.483 e. The topological polar surface area (TPSA) is 119 Å². The van der Waals surface area contributed by atoms with Crippen LogP contribution in [0.25, 0.3) is 0 Å². The fraction of sp³-hybridized carbons (Fsp3) is 0.0769. The van der Waals surface area contributed by atoms with Gasteiger partial charge >= 0.3 is 11.8 Å². The van der Waals surface area contributed by atoms with E-state index >= 15 is 0 Å². The maximum atomic E-state index is 11.8. The first-order chi connectivity index (χ1) is 10.6. The predicted octanol–water partition coefficient (Wildman–Crippen LogP) is 1.54. The molecule has 0 spiro atoms. The van der Waals surface area contributed by atoms with Gasteiger partial charge in [0.05, 0.1) is 6.07 Å². The summed E-state index contributed by atoms with van der Waals surface area (Å²) in [7, 11) is 0. The first-order valence-corrected chi connectivity index (χ1v) is 6.23. The third-order valence-corrected chi connectivity index (χ3v) is 2.80. The first-order valence-electron chi connectivity index (χ1n) is 6.23. The Hall–Kier alpha value is -3.36. The van der Waals surface area contributed by atoms with Crippen LogP contribution in [-0.4, -0.2) is 23.3 Å². The van der Waals surface area contributed by atoms with Gasteiger partial charge in [-0.1, -0.05) is 12.1 Å². The van der Waals surface area contributed by atoms with Gasteiger partial charge in [0.2, 0.25) is 5.76 Å². The van der Waals surface area contributed by atoms with Gasteiger partial charge in [-0.2, -0.15) is 0 Å². The lowest BCUT2D eigenvalue weighted by Gasteiger charge is -2.17. The molecule has 9 nitrogen and oxygen atoms in total. The fourth-order valence-corrected chi connectivity index (χ4v) is 1.80. The first kappa shape index (κ1) is 13.6. The van der Waals surface area contributed by atoms with Crippen LogP contribution < -0.4 is 15.6 Å². The number of benzene rings is 1. The van der Waals surface area contributed by atoms with Gasteiger partial charge in [0, 0.05) is 0 Å². The van der Waals surface area contributed by atoms with Crippen molar-refractivity contribution in [3.05, 3.63) is 52.3 Å². The molecule has 1 aromatic carbocycles. The molecule has 1 aliphatic heterocycles. The summed E-state index contributed by atoms with van der Waals surface area (Å²) < 4.78 is 10.2. The van der Waals surface area contributed by atoms with Crippen LogP contribution in [-0.2, 0) is 0 Å². The molecule has 0 atom stereocenters. The van der Waals surface area contributed by atoms with E-state index in [0.717, 1.165) is 6.07 Å². The zero-order valence-electron chi connectivity index (χ0n) is 11.1. The number of nitrogens with one attached hydrogen (secondary N) is 2. The molecule has 112 valence electrons. The number of amides is 1. The second-order valence-corrected chi connectivity index (χ2v) is 4.29. The van der Waals surface area contributed by atoms with Crippen molar-refractivity contribution in [3.63, 3.8) is 0 Å². The molecule has 2 heterocycles. The average Bonchev–Trinajstić information content (AvgIpc) is 3.03. The van der Waals surface area contributed by atoms with E-state index in [-0.39, 0.29) is 12.4 Å².